The minimum absolute atomic E-state index is 0. The lowest BCUT2D eigenvalue weighted by Crippen LogP contribution is -2.33. The largest absolute Gasteiger partial charge is 0.493 e. The summed E-state index contributed by atoms with van der Waals surface area (Å²) in [5, 5.41) is 0. The molecule has 2 heterocycles. The van der Waals surface area contributed by atoms with Crippen LogP contribution in [0.15, 0.2) is 48.5 Å². The number of nitrogens with zero attached hydrogens (tertiary/aromatic N) is 1. The molecule has 2 aliphatic heterocycles. The molecule has 0 unspecified atom stereocenters. The van der Waals surface area contributed by atoms with Gasteiger partial charge in [0.15, 0.2) is 5.78 Å². The van der Waals surface area contributed by atoms with Crippen molar-refractivity contribution < 1.29 is 9.53 Å². The Hall–Kier alpha value is -1.84. The Morgan fingerprint density at radius 2 is 1.85 bits per heavy atom. The standard InChI is InChI=1S/C23H27NO2.ClH/c25-22(20-7-9-23-21(16-20)12-15-26-23)8-6-18-10-13-24(14-11-18)17-19-4-2-1-3-5-19;/h1-5,7,9,16,18H,6,8,10-15,17H2;1H. The number of rotatable bonds is 6. The van der Waals surface area contributed by atoms with E-state index in [0.717, 1.165) is 50.4 Å². The molecule has 2 aromatic rings. The number of fused-ring (bicyclic) bond motifs is 1. The Bertz CT molecular complexity index is 754. The molecule has 2 aromatic carbocycles. The molecule has 0 saturated carbocycles. The summed E-state index contributed by atoms with van der Waals surface area (Å²) in [6.45, 7) is 4.08. The third-order valence-corrected chi connectivity index (χ3v) is 5.75. The second-order valence-electron chi connectivity index (χ2n) is 7.59. The van der Waals surface area contributed by atoms with Gasteiger partial charge in [0.05, 0.1) is 6.61 Å². The van der Waals surface area contributed by atoms with E-state index in [4.69, 9.17) is 4.74 Å². The van der Waals surface area contributed by atoms with Gasteiger partial charge >= 0.3 is 0 Å². The smallest absolute Gasteiger partial charge is 0.162 e. The molecule has 0 atom stereocenters. The summed E-state index contributed by atoms with van der Waals surface area (Å²) in [5.41, 5.74) is 3.43. The van der Waals surface area contributed by atoms with Crippen molar-refractivity contribution in [3.05, 3.63) is 65.2 Å². The summed E-state index contributed by atoms with van der Waals surface area (Å²) in [6.07, 6.45) is 5.03. The lowest BCUT2D eigenvalue weighted by Gasteiger charge is -2.32. The molecule has 0 spiro atoms. The zero-order chi connectivity index (χ0) is 17.8. The van der Waals surface area contributed by atoms with Gasteiger partial charge in [0, 0.05) is 24.9 Å². The van der Waals surface area contributed by atoms with Crippen LogP contribution in [0.5, 0.6) is 5.75 Å². The minimum Gasteiger partial charge on any atom is -0.493 e. The first-order chi connectivity index (χ1) is 12.8. The molecule has 0 aromatic heterocycles. The van der Waals surface area contributed by atoms with Crippen LogP contribution < -0.4 is 4.74 Å². The lowest BCUT2D eigenvalue weighted by atomic mass is 9.90. The number of carbonyl (C=O) groups is 1. The molecule has 0 N–H and O–H groups in total. The molecule has 0 radical (unpaired) electrons. The van der Waals surface area contributed by atoms with Crippen LogP contribution in [0.1, 0.15) is 47.2 Å². The topological polar surface area (TPSA) is 29.5 Å². The van der Waals surface area contributed by atoms with E-state index < -0.39 is 0 Å². The van der Waals surface area contributed by atoms with Crippen LogP contribution in [0, 0.1) is 5.92 Å². The highest BCUT2D eigenvalue weighted by molar-refractivity contribution is 5.96. The first-order valence-electron chi connectivity index (χ1n) is 9.83. The number of carbonyl (C=O) groups excluding carboxylic acids is 1. The van der Waals surface area contributed by atoms with Gasteiger partial charge in [0.25, 0.3) is 0 Å². The van der Waals surface area contributed by atoms with Gasteiger partial charge in [-0.15, -0.1) is 12.4 Å². The summed E-state index contributed by atoms with van der Waals surface area (Å²) >= 11 is 0. The van der Waals surface area contributed by atoms with Crippen LogP contribution in [-0.2, 0) is 13.0 Å². The van der Waals surface area contributed by atoms with Gasteiger partial charge in [-0.05, 0) is 67.6 Å². The second kappa shape index (κ2) is 9.38. The molecule has 144 valence electrons. The SMILES string of the molecule is Cl.O=C(CCC1CCN(Cc2ccccc2)CC1)c1ccc2c(c1)CCO2. The molecule has 4 heteroatoms. The maximum atomic E-state index is 12.5. The zero-order valence-electron chi connectivity index (χ0n) is 15.7. The van der Waals surface area contributed by atoms with E-state index in [1.807, 2.05) is 18.2 Å². The quantitative estimate of drug-likeness (QED) is 0.661. The highest BCUT2D eigenvalue weighted by atomic mass is 35.5. The van der Waals surface area contributed by atoms with Gasteiger partial charge in [0.2, 0.25) is 0 Å². The van der Waals surface area contributed by atoms with Crippen molar-refractivity contribution >= 4 is 18.2 Å². The minimum atomic E-state index is 0. The second-order valence-corrected chi connectivity index (χ2v) is 7.59. The Balaban J connectivity index is 0.00000210. The van der Waals surface area contributed by atoms with Crippen molar-refractivity contribution in [3.63, 3.8) is 0 Å². The lowest BCUT2D eigenvalue weighted by molar-refractivity contribution is 0.0961. The van der Waals surface area contributed by atoms with E-state index in [1.54, 1.807) is 0 Å². The van der Waals surface area contributed by atoms with Crippen molar-refractivity contribution in [3.8, 4) is 5.75 Å². The van der Waals surface area contributed by atoms with Crippen molar-refractivity contribution in [2.45, 2.75) is 38.6 Å². The average molecular weight is 386 g/mol. The summed E-state index contributed by atoms with van der Waals surface area (Å²) in [7, 11) is 0. The number of piperidine rings is 1. The number of hydrogen-bond acceptors (Lipinski definition) is 3. The average Bonchev–Trinajstić information content (AvgIpc) is 3.16. The fraction of sp³-hybridized carbons (Fsp3) is 0.435. The molecule has 3 nitrogen and oxygen atoms in total. The normalized spacial score (nSPS) is 17.0. The fourth-order valence-electron chi connectivity index (χ4n) is 4.11. The number of benzene rings is 2. The molecule has 2 aliphatic rings. The van der Waals surface area contributed by atoms with Crippen molar-refractivity contribution in [2.75, 3.05) is 19.7 Å². The van der Waals surface area contributed by atoms with Gasteiger partial charge in [-0.1, -0.05) is 30.3 Å². The first-order valence-corrected chi connectivity index (χ1v) is 9.83. The first kappa shape index (κ1) is 19.9. The molecular weight excluding hydrogens is 358 g/mol. The number of ketones is 1. The number of ether oxygens (including phenoxy) is 1. The molecule has 0 bridgehead atoms. The monoisotopic (exact) mass is 385 g/mol. The molecule has 0 amide bonds. The predicted octanol–water partition coefficient (Wildman–Crippen LogP) is 4.92. The van der Waals surface area contributed by atoms with E-state index in [2.05, 4.69) is 35.2 Å². The van der Waals surface area contributed by atoms with Crippen LogP contribution in [0.25, 0.3) is 0 Å². The Morgan fingerprint density at radius 3 is 2.63 bits per heavy atom. The summed E-state index contributed by atoms with van der Waals surface area (Å²) < 4.78 is 5.52. The van der Waals surface area contributed by atoms with Crippen LogP contribution in [0.3, 0.4) is 0 Å². The van der Waals surface area contributed by atoms with E-state index in [1.165, 1.54) is 24.0 Å². The van der Waals surface area contributed by atoms with Gasteiger partial charge in [-0.3, -0.25) is 9.69 Å². The maximum Gasteiger partial charge on any atom is 0.162 e. The third-order valence-electron chi connectivity index (χ3n) is 5.75. The van der Waals surface area contributed by atoms with Crippen molar-refractivity contribution in [1.82, 2.24) is 4.90 Å². The van der Waals surface area contributed by atoms with E-state index in [9.17, 15) is 4.79 Å². The van der Waals surface area contributed by atoms with Gasteiger partial charge < -0.3 is 4.74 Å². The van der Waals surface area contributed by atoms with Gasteiger partial charge in [-0.25, -0.2) is 0 Å². The van der Waals surface area contributed by atoms with E-state index >= 15 is 0 Å². The maximum absolute atomic E-state index is 12.5. The number of Topliss-reactive ketones (excluding diaryl/α,β-unsaturated/α-hetero) is 1. The summed E-state index contributed by atoms with van der Waals surface area (Å²) in [6, 6.07) is 16.6. The highest BCUT2D eigenvalue weighted by Crippen LogP contribution is 2.28. The van der Waals surface area contributed by atoms with Crippen molar-refractivity contribution in [2.24, 2.45) is 5.92 Å². The number of hydrogen-bond donors (Lipinski definition) is 0. The molecule has 27 heavy (non-hydrogen) atoms. The molecular formula is C23H28ClNO2. The Morgan fingerprint density at radius 1 is 1.07 bits per heavy atom. The molecule has 1 saturated heterocycles. The Kier molecular flexibility index (Phi) is 6.92. The highest BCUT2D eigenvalue weighted by Gasteiger charge is 2.21. The molecule has 4 rings (SSSR count). The fourth-order valence-corrected chi connectivity index (χ4v) is 4.11. The van der Waals surface area contributed by atoms with Crippen LogP contribution >= 0.6 is 12.4 Å². The third kappa shape index (κ3) is 5.12. The van der Waals surface area contributed by atoms with E-state index in [0.29, 0.717) is 12.3 Å². The van der Waals surface area contributed by atoms with Gasteiger partial charge in [-0.2, -0.15) is 0 Å². The molecule has 1 fully saturated rings. The Labute approximate surface area is 168 Å². The predicted molar refractivity (Wildman–Crippen MR) is 111 cm³/mol. The molecule has 0 aliphatic carbocycles. The zero-order valence-corrected chi connectivity index (χ0v) is 16.5. The summed E-state index contributed by atoms with van der Waals surface area (Å²) in [4.78, 5) is 15.1. The van der Waals surface area contributed by atoms with Crippen molar-refractivity contribution in [1.29, 1.82) is 0 Å². The van der Waals surface area contributed by atoms with Crippen LogP contribution in [0.4, 0.5) is 0 Å². The number of halogens is 1. The van der Waals surface area contributed by atoms with Gasteiger partial charge in [0.1, 0.15) is 5.75 Å². The van der Waals surface area contributed by atoms with Crippen LogP contribution in [0.2, 0.25) is 0 Å². The van der Waals surface area contributed by atoms with Crippen LogP contribution in [-0.4, -0.2) is 30.4 Å². The number of likely N-dealkylation sites (tertiary alicyclic amines) is 1. The summed E-state index contributed by atoms with van der Waals surface area (Å²) in [5.74, 6) is 1.92. The van der Waals surface area contributed by atoms with E-state index in [-0.39, 0.29) is 18.2 Å².